The Hall–Kier alpha value is -3.42. The highest BCUT2D eigenvalue weighted by Gasteiger charge is 2.22. The molecule has 8 nitrogen and oxygen atoms in total. The molecule has 0 saturated heterocycles. The molecule has 0 fully saturated rings. The number of nitro groups is 1. The van der Waals surface area contributed by atoms with Gasteiger partial charge in [-0.15, -0.1) is 0 Å². The van der Waals surface area contributed by atoms with Gasteiger partial charge in [0, 0.05) is 13.0 Å². The zero-order chi connectivity index (χ0) is 18.4. The monoisotopic (exact) mass is 344 g/mol. The van der Waals surface area contributed by atoms with E-state index in [0.29, 0.717) is 11.3 Å². The molecule has 2 aromatic carbocycles. The lowest BCUT2D eigenvalue weighted by molar-refractivity contribution is -0.385. The number of anilines is 1. The van der Waals surface area contributed by atoms with Crippen LogP contribution < -0.4 is 9.64 Å². The van der Waals surface area contributed by atoms with Crippen molar-refractivity contribution in [2.75, 3.05) is 12.0 Å². The van der Waals surface area contributed by atoms with Gasteiger partial charge in [0.2, 0.25) is 5.91 Å². The van der Waals surface area contributed by atoms with Crippen LogP contribution in [0, 0.1) is 10.1 Å². The van der Waals surface area contributed by atoms with Gasteiger partial charge in [-0.2, -0.15) is 0 Å². The van der Waals surface area contributed by atoms with Crippen molar-refractivity contribution in [1.82, 2.24) is 0 Å². The molecule has 2 rings (SSSR count). The van der Waals surface area contributed by atoms with Crippen molar-refractivity contribution < 1.29 is 24.0 Å². The molecular formula is C17H16N2O6. The summed E-state index contributed by atoms with van der Waals surface area (Å²) in [6.07, 6.45) is -0.864. The lowest BCUT2D eigenvalue weighted by atomic mass is 10.2. The van der Waals surface area contributed by atoms with E-state index in [1.165, 1.54) is 26.2 Å². The van der Waals surface area contributed by atoms with E-state index in [0.717, 1.165) is 4.90 Å². The van der Waals surface area contributed by atoms with Crippen LogP contribution in [0.4, 0.5) is 16.2 Å². The van der Waals surface area contributed by atoms with Crippen molar-refractivity contribution in [3.05, 3.63) is 64.2 Å². The number of nitro benzene ring substituents is 1. The highest BCUT2D eigenvalue weighted by Crippen LogP contribution is 2.28. The minimum Gasteiger partial charge on any atom is -0.490 e. The number of imide groups is 1. The second-order valence-corrected chi connectivity index (χ2v) is 5.01. The second kappa shape index (κ2) is 7.91. The third kappa shape index (κ3) is 4.31. The Balaban J connectivity index is 2.14. The van der Waals surface area contributed by atoms with Gasteiger partial charge in [-0.25, -0.2) is 9.69 Å². The molecule has 2 amide bonds. The molecule has 0 bridgehead atoms. The Bertz CT molecular complexity index is 791. The highest BCUT2D eigenvalue weighted by molar-refractivity contribution is 6.11. The number of carbonyl (C=O) groups excluding carboxylic acids is 2. The molecule has 0 aromatic heterocycles. The lowest BCUT2D eigenvalue weighted by Crippen LogP contribution is -2.35. The van der Waals surface area contributed by atoms with Crippen molar-refractivity contribution in [1.29, 1.82) is 0 Å². The van der Waals surface area contributed by atoms with Crippen LogP contribution in [-0.2, 0) is 16.1 Å². The van der Waals surface area contributed by atoms with Gasteiger partial charge in [-0.05, 0) is 23.8 Å². The molecule has 0 atom stereocenters. The average molecular weight is 344 g/mol. The number of carbonyl (C=O) groups is 2. The molecule has 0 unspecified atom stereocenters. The fourth-order valence-corrected chi connectivity index (χ4v) is 2.17. The summed E-state index contributed by atoms with van der Waals surface area (Å²) in [6, 6.07) is 12.5. The molecule has 0 radical (unpaired) electrons. The summed E-state index contributed by atoms with van der Waals surface area (Å²) in [7, 11) is 1.33. The number of amides is 2. The Labute approximate surface area is 143 Å². The summed E-state index contributed by atoms with van der Waals surface area (Å²) in [5.74, 6) is -0.397. The Morgan fingerprint density at radius 3 is 2.40 bits per heavy atom. The number of ether oxygens (including phenoxy) is 2. The molecule has 25 heavy (non-hydrogen) atoms. The van der Waals surface area contributed by atoms with Crippen molar-refractivity contribution in [2.45, 2.75) is 13.5 Å². The van der Waals surface area contributed by atoms with Gasteiger partial charge in [0.25, 0.3) is 0 Å². The molecule has 0 spiro atoms. The van der Waals surface area contributed by atoms with Crippen LogP contribution in [0.5, 0.6) is 5.75 Å². The van der Waals surface area contributed by atoms with Crippen molar-refractivity contribution in [3.63, 3.8) is 0 Å². The molecule has 0 aliphatic carbocycles. The maximum Gasteiger partial charge on any atom is 0.421 e. The van der Waals surface area contributed by atoms with E-state index in [-0.39, 0.29) is 18.0 Å². The molecular weight excluding hydrogens is 328 g/mol. The summed E-state index contributed by atoms with van der Waals surface area (Å²) in [5.41, 5.74) is 0.542. The third-order valence-electron chi connectivity index (χ3n) is 3.31. The van der Waals surface area contributed by atoms with Crippen molar-refractivity contribution >= 4 is 23.4 Å². The summed E-state index contributed by atoms with van der Waals surface area (Å²) in [5, 5.41) is 11.0. The van der Waals surface area contributed by atoms with Crippen molar-refractivity contribution in [2.24, 2.45) is 0 Å². The van der Waals surface area contributed by atoms with Gasteiger partial charge in [0.05, 0.1) is 17.7 Å². The predicted octanol–water partition coefficient (Wildman–Crippen LogP) is 3.29. The molecule has 0 aliphatic rings. The molecule has 130 valence electrons. The fourth-order valence-electron chi connectivity index (χ4n) is 2.17. The normalized spacial score (nSPS) is 10.0. The van der Waals surface area contributed by atoms with Gasteiger partial charge in [-0.1, -0.05) is 24.3 Å². The zero-order valence-corrected chi connectivity index (χ0v) is 13.7. The molecule has 2 aromatic rings. The van der Waals surface area contributed by atoms with E-state index in [4.69, 9.17) is 9.47 Å². The number of rotatable bonds is 5. The van der Waals surface area contributed by atoms with Gasteiger partial charge in [0.15, 0.2) is 5.75 Å². The summed E-state index contributed by atoms with van der Waals surface area (Å²) in [4.78, 5) is 35.3. The first-order chi connectivity index (χ1) is 11.9. The van der Waals surface area contributed by atoms with E-state index < -0.39 is 16.9 Å². The number of nitrogens with zero attached hydrogens (tertiary/aromatic N) is 2. The number of hydrogen-bond donors (Lipinski definition) is 0. The van der Waals surface area contributed by atoms with E-state index >= 15 is 0 Å². The fraction of sp³-hybridized carbons (Fsp3) is 0.176. The average Bonchev–Trinajstić information content (AvgIpc) is 2.60. The van der Waals surface area contributed by atoms with Crippen LogP contribution in [0.25, 0.3) is 0 Å². The maximum absolute atomic E-state index is 12.2. The lowest BCUT2D eigenvalue weighted by Gasteiger charge is -2.18. The van der Waals surface area contributed by atoms with Gasteiger partial charge >= 0.3 is 11.8 Å². The third-order valence-corrected chi connectivity index (χ3v) is 3.31. The smallest absolute Gasteiger partial charge is 0.421 e. The first kappa shape index (κ1) is 17.9. The van der Waals surface area contributed by atoms with Crippen LogP contribution in [-0.4, -0.2) is 24.0 Å². The SMILES string of the molecule is COc1ccc(COC(=O)N(C(C)=O)c2ccccc2)cc1[N+](=O)[O-]. The molecule has 8 heteroatoms. The van der Waals surface area contributed by atoms with Crippen LogP contribution in [0.2, 0.25) is 0 Å². The van der Waals surface area contributed by atoms with E-state index in [9.17, 15) is 19.7 Å². The summed E-state index contributed by atoms with van der Waals surface area (Å²) in [6.45, 7) is 1.02. The second-order valence-electron chi connectivity index (χ2n) is 5.01. The molecule has 0 aliphatic heterocycles. The minimum atomic E-state index is -0.864. The summed E-state index contributed by atoms with van der Waals surface area (Å²) >= 11 is 0. The highest BCUT2D eigenvalue weighted by atomic mass is 16.6. The van der Waals surface area contributed by atoms with Gasteiger partial charge < -0.3 is 9.47 Å². The number of benzene rings is 2. The topological polar surface area (TPSA) is 99.0 Å². The Kier molecular flexibility index (Phi) is 5.67. The maximum atomic E-state index is 12.2. The summed E-state index contributed by atoms with van der Waals surface area (Å²) < 4.78 is 10.0. The van der Waals surface area contributed by atoms with Crippen LogP contribution in [0.15, 0.2) is 48.5 Å². The van der Waals surface area contributed by atoms with E-state index in [1.54, 1.807) is 36.4 Å². The van der Waals surface area contributed by atoms with Gasteiger partial charge in [0.1, 0.15) is 6.61 Å². The molecule has 0 saturated carbocycles. The van der Waals surface area contributed by atoms with Crippen LogP contribution >= 0.6 is 0 Å². The van der Waals surface area contributed by atoms with Crippen LogP contribution in [0.1, 0.15) is 12.5 Å². The van der Waals surface area contributed by atoms with E-state index in [2.05, 4.69) is 0 Å². The minimum absolute atomic E-state index is 0.106. The first-order valence-corrected chi connectivity index (χ1v) is 7.28. The number of hydrogen-bond acceptors (Lipinski definition) is 6. The number of methoxy groups -OCH3 is 1. The Morgan fingerprint density at radius 1 is 1.16 bits per heavy atom. The Morgan fingerprint density at radius 2 is 1.84 bits per heavy atom. The zero-order valence-electron chi connectivity index (χ0n) is 13.7. The number of para-hydroxylation sites is 1. The largest absolute Gasteiger partial charge is 0.490 e. The molecule has 0 N–H and O–H groups in total. The quantitative estimate of drug-likeness (QED) is 0.609. The van der Waals surface area contributed by atoms with E-state index in [1.807, 2.05) is 0 Å². The first-order valence-electron chi connectivity index (χ1n) is 7.28. The van der Waals surface area contributed by atoms with Crippen LogP contribution in [0.3, 0.4) is 0 Å². The standard InChI is InChI=1S/C17H16N2O6/c1-12(20)18(14-6-4-3-5-7-14)17(21)25-11-13-8-9-16(24-2)15(10-13)19(22)23/h3-10H,11H2,1-2H3. The van der Waals surface area contributed by atoms with Gasteiger partial charge in [-0.3, -0.25) is 14.9 Å². The molecule has 0 heterocycles. The van der Waals surface area contributed by atoms with Crippen molar-refractivity contribution in [3.8, 4) is 5.75 Å². The predicted molar refractivity (Wildman–Crippen MR) is 89.4 cm³/mol.